The monoisotopic (exact) mass is 397 g/mol. The molecule has 0 aromatic heterocycles. The molecule has 0 atom stereocenters. The van der Waals surface area contributed by atoms with E-state index in [1.165, 1.54) is 11.3 Å². The summed E-state index contributed by atoms with van der Waals surface area (Å²) in [6, 6.07) is 9.06. The van der Waals surface area contributed by atoms with Crippen LogP contribution in [0, 0.1) is 6.07 Å². The van der Waals surface area contributed by atoms with Crippen molar-refractivity contribution < 1.29 is 59.7 Å². The average molecular weight is 397 g/mol. The molecule has 1 aliphatic rings. The first-order valence-corrected chi connectivity index (χ1v) is 9.87. The maximum absolute atomic E-state index is 10.6. The summed E-state index contributed by atoms with van der Waals surface area (Å²) in [4.78, 5) is 0. The third kappa shape index (κ3) is 7.28. The van der Waals surface area contributed by atoms with E-state index in [9.17, 15) is 13.0 Å². The molecule has 0 fully saturated rings. The van der Waals surface area contributed by atoms with Crippen LogP contribution < -0.4 is 29.6 Å². The van der Waals surface area contributed by atoms with Gasteiger partial charge in [0.15, 0.2) is 5.71 Å². The van der Waals surface area contributed by atoms with Crippen molar-refractivity contribution in [2.24, 2.45) is 0 Å². The molecule has 2 rings (SSSR count). The van der Waals surface area contributed by atoms with Gasteiger partial charge in [-0.05, 0) is 6.42 Å². The van der Waals surface area contributed by atoms with Crippen LogP contribution in [0.1, 0.15) is 39.2 Å². The van der Waals surface area contributed by atoms with E-state index in [0.29, 0.717) is 12.8 Å². The van der Waals surface area contributed by atoms with Crippen LogP contribution in [-0.2, 0) is 26.1 Å². The van der Waals surface area contributed by atoms with Crippen molar-refractivity contribution in [2.75, 3.05) is 12.3 Å². The SMILES string of the molecule is CC1=[N+](CCCCS(=O)(=O)[O-])c2cc[c-]cc2C1(C)C.O=S(=O)=O.[Na+]. The first-order valence-electron chi connectivity index (χ1n) is 7.29. The largest absolute Gasteiger partial charge is 1.00 e. The Morgan fingerprint density at radius 3 is 2.32 bits per heavy atom. The Kier molecular flexibility index (Phi) is 9.71. The quantitative estimate of drug-likeness (QED) is 0.191. The van der Waals surface area contributed by atoms with Gasteiger partial charge >= 0.3 is 40.2 Å². The molecule has 1 aromatic carbocycles. The van der Waals surface area contributed by atoms with Gasteiger partial charge in [-0.15, -0.1) is 18.7 Å². The number of hydrogen-bond acceptors (Lipinski definition) is 6. The number of benzene rings is 1. The van der Waals surface area contributed by atoms with Crippen LogP contribution in [0.3, 0.4) is 0 Å². The maximum Gasteiger partial charge on any atom is 1.00 e. The average Bonchev–Trinajstić information content (AvgIpc) is 2.63. The second-order valence-electron chi connectivity index (χ2n) is 5.98. The zero-order chi connectivity index (χ0) is 18.5. The standard InChI is InChI=1S/C15H21NO3S.Na.O3S/c1-12-15(2,3)13-8-4-5-9-14(13)16(12)10-6-7-11-20(17,18)19;;1-4(2)3/h5,8-9H,6-7,10-11H2,1-3H3,(H,17,18,19);;/q;+1;/p-1. The summed E-state index contributed by atoms with van der Waals surface area (Å²) < 4.78 is 59.4. The van der Waals surface area contributed by atoms with Crippen LogP contribution in [0.15, 0.2) is 18.2 Å². The zero-order valence-corrected chi connectivity index (χ0v) is 18.4. The molecular formula is C15H20NNaO6S2. The second-order valence-corrected chi connectivity index (χ2v) is 7.91. The normalized spacial score (nSPS) is 14.9. The summed E-state index contributed by atoms with van der Waals surface area (Å²) in [6.07, 6.45) is 1.09. The minimum Gasteiger partial charge on any atom is -0.748 e. The van der Waals surface area contributed by atoms with Gasteiger partial charge in [0.05, 0.1) is 10.1 Å². The van der Waals surface area contributed by atoms with Gasteiger partial charge in [0.1, 0.15) is 12.2 Å². The van der Waals surface area contributed by atoms with E-state index < -0.39 is 20.7 Å². The van der Waals surface area contributed by atoms with E-state index >= 15 is 0 Å². The predicted octanol–water partition coefficient (Wildman–Crippen LogP) is -1.79. The number of unbranched alkanes of at least 4 members (excludes halogenated alkanes) is 1. The smallest absolute Gasteiger partial charge is 0.748 e. The van der Waals surface area contributed by atoms with Gasteiger partial charge in [0, 0.05) is 24.5 Å². The van der Waals surface area contributed by atoms with Crippen molar-refractivity contribution in [3.8, 4) is 0 Å². The van der Waals surface area contributed by atoms with Gasteiger partial charge in [-0.2, -0.15) is 18.2 Å². The van der Waals surface area contributed by atoms with Crippen LogP contribution in [-0.4, -0.2) is 48.2 Å². The van der Waals surface area contributed by atoms with Gasteiger partial charge < -0.3 is 4.55 Å². The third-order valence-corrected chi connectivity index (χ3v) is 4.93. The molecule has 134 valence electrons. The molecule has 0 amide bonds. The minimum atomic E-state index is -4.10. The molecule has 0 unspecified atom stereocenters. The van der Waals surface area contributed by atoms with E-state index in [4.69, 9.17) is 12.6 Å². The number of hydrogen-bond donors (Lipinski definition) is 0. The maximum atomic E-state index is 10.6. The van der Waals surface area contributed by atoms with Gasteiger partial charge in [0.2, 0.25) is 0 Å². The van der Waals surface area contributed by atoms with Crippen molar-refractivity contribution in [3.63, 3.8) is 0 Å². The topological polar surface area (TPSA) is 111 Å². The van der Waals surface area contributed by atoms with E-state index in [-0.39, 0.29) is 40.7 Å². The van der Waals surface area contributed by atoms with Gasteiger partial charge in [0.25, 0.3) is 0 Å². The first-order chi connectivity index (χ1) is 11.0. The van der Waals surface area contributed by atoms with E-state index in [0.717, 1.165) is 12.2 Å². The molecule has 10 heteroatoms. The molecule has 0 saturated heterocycles. The van der Waals surface area contributed by atoms with Crippen LogP contribution >= 0.6 is 0 Å². The first kappa shape index (κ1) is 24.4. The fraction of sp³-hybridized carbons (Fsp3) is 0.533. The van der Waals surface area contributed by atoms with Crippen molar-refractivity contribution in [2.45, 2.75) is 39.0 Å². The van der Waals surface area contributed by atoms with Crippen LogP contribution in [0.2, 0.25) is 0 Å². The third-order valence-electron chi connectivity index (χ3n) is 4.14. The van der Waals surface area contributed by atoms with Crippen molar-refractivity contribution >= 4 is 32.1 Å². The molecule has 0 aliphatic carbocycles. The Balaban J connectivity index is 0.00000104. The van der Waals surface area contributed by atoms with Gasteiger partial charge in [-0.25, -0.2) is 13.0 Å². The summed E-state index contributed by atoms with van der Waals surface area (Å²) >= 11 is 0. The molecule has 1 heterocycles. The van der Waals surface area contributed by atoms with Crippen molar-refractivity contribution in [3.05, 3.63) is 29.8 Å². The van der Waals surface area contributed by atoms with Crippen molar-refractivity contribution in [1.82, 2.24) is 0 Å². The Labute approximate surface area is 172 Å². The molecule has 0 N–H and O–H groups in total. The summed E-state index contributed by atoms with van der Waals surface area (Å²) in [5.74, 6) is -0.279. The Morgan fingerprint density at radius 2 is 1.80 bits per heavy atom. The fourth-order valence-corrected chi connectivity index (χ4v) is 3.27. The van der Waals surface area contributed by atoms with Crippen molar-refractivity contribution in [1.29, 1.82) is 0 Å². The molecule has 0 spiro atoms. The van der Waals surface area contributed by atoms with Gasteiger partial charge in [-0.3, -0.25) is 0 Å². The number of rotatable bonds is 5. The Hall–Kier alpha value is -0.580. The zero-order valence-electron chi connectivity index (χ0n) is 14.8. The minimum absolute atomic E-state index is 0. The Morgan fingerprint density at radius 1 is 1.24 bits per heavy atom. The molecule has 1 aromatic rings. The Bertz CT molecular complexity index is 838. The summed E-state index contributed by atoms with van der Waals surface area (Å²) in [6.45, 7) is 7.19. The molecule has 0 radical (unpaired) electrons. The number of fused-ring (bicyclic) bond motifs is 1. The molecular weight excluding hydrogens is 377 g/mol. The summed E-state index contributed by atoms with van der Waals surface area (Å²) in [5.41, 5.74) is 3.62. The molecule has 0 saturated carbocycles. The molecule has 1 aliphatic heterocycles. The fourth-order valence-electron chi connectivity index (χ4n) is 2.71. The van der Waals surface area contributed by atoms with E-state index in [1.807, 2.05) is 18.2 Å². The summed E-state index contributed by atoms with van der Waals surface area (Å²) in [5, 5.41) is 0. The predicted molar refractivity (Wildman–Crippen MR) is 87.3 cm³/mol. The molecule has 7 nitrogen and oxygen atoms in total. The van der Waals surface area contributed by atoms with Crippen LogP contribution in [0.4, 0.5) is 5.69 Å². The van der Waals surface area contributed by atoms with E-state index in [2.05, 4.69) is 31.4 Å². The summed E-state index contributed by atoms with van der Waals surface area (Å²) in [7, 11) is -7.21. The van der Waals surface area contributed by atoms with Gasteiger partial charge in [-0.1, -0.05) is 19.4 Å². The van der Waals surface area contributed by atoms with Crippen LogP contribution in [0.25, 0.3) is 0 Å². The molecule has 0 bridgehead atoms. The van der Waals surface area contributed by atoms with Crippen LogP contribution in [0.5, 0.6) is 0 Å². The van der Waals surface area contributed by atoms with E-state index in [1.54, 1.807) is 0 Å². The number of nitrogens with zero attached hydrogens (tertiary/aromatic N) is 1. The molecule has 25 heavy (non-hydrogen) atoms. The second kappa shape index (κ2) is 9.94.